The van der Waals surface area contributed by atoms with Crippen molar-refractivity contribution in [1.82, 2.24) is 0 Å². The number of hydrogen-bond donors (Lipinski definition) is 0. The first-order valence-corrected chi connectivity index (χ1v) is 13.5. The van der Waals surface area contributed by atoms with Crippen molar-refractivity contribution in [3.8, 4) is 39.5 Å². The highest BCUT2D eigenvalue weighted by atomic mass is 16.6. The average molecular weight is 541 g/mol. The molecule has 1 unspecified atom stereocenters. The second-order valence-corrected chi connectivity index (χ2v) is 9.18. The lowest BCUT2D eigenvalue weighted by Gasteiger charge is -2.17. The molecule has 0 spiro atoms. The van der Waals surface area contributed by atoms with E-state index in [1.807, 2.05) is 72.8 Å². The summed E-state index contributed by atoms with van der Waals surface area (Å²) in [7, 11) is 3.16. The fourth-order valence-corrected chi connectivity index (χ4v) is 4.34. The molecular weight excluding hydrogens is 504 g/mol. The number of rotatable bonds is 14. The van der Waals surface area contributed by atoms with Crippen molar-refractivity contribution < 1.29 is 28.5 Å². The molecule has 40 heavy (non-hydrogen) atoms. The molecule has 0 amide bonds. The minimum atomic E-state index is -0.672. The summed E-state index contributed by atoms with van der Waals surface area (Å²) in [6.45, 7) is 3.13. The Bertz CT molecular complexity index is 1330. The van der Waals surface area contributed by atoms with E-state index in [1.165, 1.54) is 12.7 Å². The van der Waals surface area contributed by atoms with Gasteiger partial charge in [0.05, 0.1) is 26.9 Å². The number of methoxy groups -OCH3 is 2. The van der Waals surface area contributed by atoms with Gasteiger partial charge in [-0.15, -0.1) is 0 Å². The van der Waals surface area contributed by atoms with Crippen LogP contribution in [-0.2, 0) is 20.7 Å². The predicted octanol–water partition coefficient (Wildman–Crippen LogP) is 7.00. The third-order valence-corrected chi connectivity index (χ3v) is 6.48. The second-order valence-electron chi connectivity index (χ2n) is 9.18. The fourth-order valence-electron chi connectivity index (χ4n) is 4.34. The maximum Gasteiger partial charge on any atom is 0.335 e. The fraction of sp³-hybridized carbons (Fsp3) is 0.265. The summed E-state index contributed by atoms with van der Waals surface area (Å²) in [5, 5.41) is 0. The van der Waals surface area contributed by atoms with E-state index in [-0.39, 0.29) is 5.97 Å². The first-order chi connectivity index (χ1) is 19.6. The molecule has 4 aromatic carbocycles. The molecule has 0 radical (unpaired) electrons. The van der Waals surface area contributed by atoms with Crippen LogP contribution in [0.1, 0.15) is 18.9 Å². The summed E-state index contributed by atoms with van der Waals surface area (Å²) in [4.78, 5) is 12.3. The average Bonchev–Trinajstić information content (AvgIpc) is 3.01. The Morgan fingerprint density at radius 3 is 2.05 bits per heavy atom. The van der Waals surface area contributed by atoms with Crippen molar-refractivity contribution >= 4 is 5.97 Å². The van der Waals surface area contributed by atoms with Gasteiger partial charge in [0, 0.05) is 25.5 Å². The maximum atomic E-state index is 12.3. The Labute approximate surface area is 236 Å². The van der Waals surface area contributed by atoms with E-state index in [4.69, 9.17) is 23.7 Å². The zero-order chi connectivity index (χ0) is 28.2. The van der Waals surface area contributed by atoms with Crippen molar-refractivity contribution in [3.05, 3.63) is 103 Å². The molecule has 0 aliphatic heterocycles. The molecule has 0 N–H and O–H groups in total. The summed E-state index contributed by atoms with van der Waals surface area (Å²) in [6, 6.07) is 32.1. The van der Waals surface area contributed by atoms with Crippen molar-refractivity contribution in [1.29, 1.82) is 0 Å². The third kappa shape index (κ3) is 7.87. The molecule has 1 atom stereocenters. The Kier molecular flexibility index (Phi) is 10.6. The lowest BCUT2D eigenvalue weighted by molar-refractivity contribution is -0.154. The van der Waals surface area contributed by atoms with Gasteiger partial charge >= 0.3 is 5.97 Å². The summed E-state index contributed by atoms with van der Waals surface area (Å²) >= 11 is 0. The van der Waals surface area contributed by atoms with Gasteiger partial charge in [-0.3, -0.25) is 0 Å². The minimum absolute atomic E-state index is 0.311. The lowest BCUT2D eigenvalue weighted by Crippen LogP contribution is -2.27. The number of ether oxygens (including phenoxy) is 5. The molecule has 6 heteroatoms. The van der Waals surface area contributed by atoms with Crippen molar-refractivity contribution in [2.75, 3.05) is 34.0 Å². The van der Waals surface area contributed by atoms with E-state index in [0.717, 1.165) is 45.9 Å². The zero-order valence-corrected chi connectivity index (χ0v) is 23.3. The van der Waals surface area contributed by atoms with E-state index in [1.54, 1.807) is 14.0 Å². The van der Waals surface area contributed by atoms with Crippen LogP contribution in [0.2, 0.25) is 0 Å². The molecule has 0 heterocycles. The highest BCUT2D eigenvalue weighted by molar-refractivity contribution is 5.76. The van der Waals surface area contributed by atoms with Crippen LogP contribution in [0, 0.1) is 0 Å². The molecule has 4 aromatic rings. The van der Waals surface area contributed by atoms with Crippen LogP contribution in [0.4, 0.5) is 0 Å². The highest BCUT2D eigenvalue weighted by Gasteiger charge is 2.20. The van der Waals surface area contributed by atoms with Crippen molar-refractivity contribution in [3.63, 3.8) is 0 Å². The van der Waals surface area contributed by atoms with Crippen LogP contribution in [0.15, 0.2) is 97.1 Å². The van der Waals surface area contributed by atoms with Crippen LogP contribution in [0.3, 0.4) is 0 Å². The van der Waals surface area contributed by atoms with Crippen LogP contribution >= 0.6 is 0 Å². The first kappa shape index (κ1) is 28.7. The summed E-state index contributed by atoms with van der Waals surface area (Å²) in [5.74, 6) is 1.99. The van der Waals surface area contributed by atoms with Gasteiger partial charge in [0.1, 0.15) is 17.2 Å². The predicted molar refractivity (Wildman–Crippen MR) is 157 cm³/mol. The number of carbonyl (C=O) groups is 1. The van der Waals surface area contributed by atoms with Crippen molar-refractivity contribution in [2.45, 2.75) is 25.9 Å². The van der Waals surface area contributed by atoms with Gasteiger partial charge in [-0.25, -0.2) is 4.79 Å². The summed E-state index contributed by atoms with van der Waals surface area (Å²) < 4.78 is 28.0. The van der Waals surface area contributed by atoms with E-state index < -0.39 is 6.10 Å². The number of esters is 1. The topological polar surface area (TPSA) is 63.2 Å². The number of hydrogen-bond acceptors (Lipinski definition) is 6. The van der Waals surface area contributed by atoms with E-state index >= 15 is 0 Å². The highest BCUT2D eigenvalue weighted by Crippen LogP contribution is 2.33. The molecule has 6 nitrogen and oxygen atoms in total. The van der Waals surface area contributed by atoms with Gasteiger partial charge in [-0.2, -0.15) is 0 Å². The van der Waals surface area contributed by atoms with Crippen molar-refractivity contribution in [2.24, 2.45) is 0 Å². The van der Waals surface area contributed by atoms with E-state index in [2.05, 4.69) is 24.3 Å². The van der Waals surface area contributed by atoms with Gasteiger partial charge in [-0.05, 0) is 65.6 Å². The molecule has 0 aromatic heterocycles. The van der Waals surface area contributed by atoms with E-state index in [0.29, 0.717) is 26.2 Å². The van der Waals surface area contributed by atoms with E-state index in [9.17, 15) is 4.79 Å². The quantitative estimate of drug-likeness (QED) is 0.127. The largest absolute Gasteiger partial charge is 0.497 e. The number of benzene rings is 4. The molecule has 0 fully saturated rings. The minimum Gasteiger partial charge on any atom is -0.497 e. The summed E-state index contributed by atoms with van der Waals surface area (Å²) in [5.41, 5.74) is 5.19. The molecule has 0 bridgehead atoms. The van der Waals surface area contributed by atoms with Gasteiger partial charge in [0.15, 0.2) is 6.10 Å². The molecule has 0 saturated heterocycles. The van der Waals surface area contributed by atoms with Crippen LogP contribution in [0.5, 0.6) is 17.2 Å². The first-order valence-electron chi connectivity index (χ1n) is 13.5. The van der Waals surface area contributed by atoms with Gasteiger partial charge < -0.3 is 23.7 Å². The Morgan fingerprint density at radius 2 is 1.38 bits per heavy atom. The molecule has 208 valence electrons. The van der Waals surface area contributed by atoms with Gasteiger partial charge in [-0.1, -0.05) is 60.7 Å². The molecular formula is C34H36O6. The summed E-state index contributed by atoms with van der Waals surface area (Å²) in [6.07, 6.45) is 0.448. The standard InChI is InChI=1S/C34H36O6/c1-4-38-34(35)33(37-3)24-25-11-20-32(31(23-25)28-14-16-29(36-2)17-15-28)40-22-8-21-39-30-18-12-27(13-19-30)26-9-6-5-7-10-26/h5-7,9-20,23,33H,4,8,21-22,24H2,1-3H3. The monoisotopic (exact) mass is 540 g/mol. The molecule has 0 aliphatic rings. The lowest BCUT2D eigenvalue weighted by atomic mass is 9.99. The SMILES string of the molecule is CCOC(=O)C(Cc1ccc(OCCCOc2ccc(-c3ccccc3)cc2)c(-c2ccc(OC)cc2)c1)OC. The second kappa shape index (κ2) is 14.8. The zero-order valence-electron chi connectivity index (χ0n) is 23.3. The molecule has 4 rings (SSSR count). The maximum absolute atomic E-state index is 12.3. The third-order valence-electron chi connectivity index (χ3n) is 6.48. The molecule has 0 saturated carbocycles. The van der Waals surface area contributed by atoms with Crippen LogP contribution in [-0.4, -0.2) is 46.1 Å². The molecule has 0 aliphatic carbocycles. The van der Waals surface area contributed by atoms with Crippen LogP contribution < -0.4 is 14.2 Å². The number of carbonyl (C=O) groups excluding carboxylic acids is 1. The Morgan fingerprint density at radius 1 is 0.725 bits per heavy atom. The Hall–Kier alpha value is -4.29. The Balaban J connectivity index is 1.38. The normalized spacial score (nSPS) is 11.5. The van der Waals surface area contributed by atoms with Gasteiger partial charge in [0.2, 0.25) is 0 Å². The van der Waals surface area contributed by atoms with Crippen LogP contribution in [0.25, 0.3) is 22.3 Å². The smallest absolute Gasteiger partial charge is 0.335 e. The van der Waals surface area contributed by atoms with Gasteiger partial charge in [0.25, 0.3) is 0 Å².